The van der Waals surface area contributed by atoms with Crippen LogP contribution in [0.25, 0.3) is 6.08 Å². The molecule has 0 N–H and O–H groups in total. The van der Waals surface area contributed by atoms with Gasteiger partial charge >= 0.3 is 5.97 Å². The van der Waals surface area contributed by atoms with E-state index in [1.54, 1.807) is 18.2 Å². The summed E-state index contributed by atoms with van der Waals surface area (Å²) in [6.45, 7) is 3.85. The molecule has 0 amide bonds. The third kappa shape index (κ3) is 2.60. The number of carbonyl (C=O) groups is 1. The zero-order valence-corrected chi connectivity index (χ0v) is 8.46. The van der Waals surface area contributed by atoms with Crippen LogP contribution in [0.15, 0.2) is 30.8 Å². The van der Waals surface area contributed by atoms with Crippen molar-refractivity contribution >= 4 is 23.6 Å². The average molecular weight is 211 g/mol. The Bertz CT molecular complexity index is 334. The van der Waals surface area contributed by atoms with Crippen LogP contribution in [0.4, 0.5) is 0 Å². The Hall–Kier alpha value is -1.28. The minimum atomic E-state index is -0.360. The Morgan fingerprint density at radius 1 is 1.50 bits per heavy atom. The Labute approximate surface area is 88.1 Å². The number of carbonyl (C=O) groups excluding carboxylic acids is 1. The summed E-state index contributed by atoms with van der Waals surface area (Å²) in [6, 6.07) is 7.14. The molecule has 0 bridgehead atoms. The maximum absolute atomic E-state index is 11.5. The highest BCUT2D eigenvalue weighted by Crippen LogP contribution is 2.11. The molecule has 0 spiro atoms. The highest BCUT2D eigenvalue weighted by Gasteiger charge is 2.09. The van der Waals surface area contributed by atoms with Crippen molar-refractivity contribution in [2.24, 2.45) is 0 Å². The Balaban J connectivity index is 2.83. The van der Waals surface area contributed by atoms with Crippen LogP contribution in [0.2, 0.25) is 0 Å². The van der Waals surface area contributed by atoms with Crippen LogP contribution in [-0.4, -0.2) is 18.5 Å². The van der Waals surface area contributed by atoms with Gasteiger partial charge in [-0.1, -0.05) is 30.9 Å². The standard InChI is InChI=1S/C11H11ClO2/c1-2-9-5-3-4-6-10(9)11(13)14-8-7-12/h2-6H,1,7-8H2. The number of hydrogen-bond acceptors (Lipinski definition) is 2. The van der Waals surface area contributed by atoms with Crippen molar-refractivity contribution in [1.82, 2.24) is 0 Å². The number of halogens is 1. The molecule has 1 rings (SSSR count). The van der Waals surface area contributed by atoms with Crippen molar-refractivity contribution in [2.75, 3.05) is 12.5 Å². The fraction of sp³-hybridized carbons (Fsp3) is 0.182. The van der Waals surface area contributed by atoms with Gasteiger partial charge in [0.2, 0.25) is 0 Å². The molecule has 74 valence electrons. The van der Waals surface area contributed by atoms with E-state index in [9.17, 15) is 4.79 Å². The van der Waals surface area contributed by atoms with Crippen LogP contribution in [0, 0.1) is 0 Å². The zero-order chi connectivity index (χ0) is 10.4. The van der Waals surface area contributed by atoms with Crippen LogP contribution in [0.3, 0.4) is 0 Å². The SMILES string of the molecule is C=Cc1ccccc1C(=O)OCCCl. The molecule has 0 aromatic heterocycles. The van der Waals surface area contributed by atoms with Crippen molar-refractivity contribution in [3.63, 3.8) is 0 Å². The van der Waals surface area contributed by atoms with E-state index in [4.69, 9.17) is 16.3 Å². The molecular weight excluding hydrogens is 200 g/mol. The van der Waals surface area contributed by atoms with Crippen LogP contribution in [0.5, 0.6) is 0 Å². The zero-order valence-electron chi connectivity index (χ0n) is 7.70. The second-order valence-corrected chi connectivity index (χ2v) is 2.99. The maximum Gasteiger partial charge on any atom is 0.338 e. The van der Waals surface area contributed by atoms with Crippen molar-refractivity contribution in [3.05, 3.63) is 42.0 Å². The molecule has 0 radical (unpaired) electrons. The topological polar surface area (TPSA) is 26.3 Å². The van der Waals surface area contributed by atoms with Gasteiger partial charge in [0, 0.05) is 0 Å². The molecule has 3 heteroatoms. The number of hydrogen-bond donors (Lipinski definition) is 0. The van der Waals surface area contributed by atoms with E-state index in [1.807, 2.05) is 12.1 Å². The molecular formula is C11H11ClO2. The predicted molar refractivity (Wildman–Crippen MR) is 57.5 cm³/mol. The number of esters is 1. The second kappa shape index (κ2) is 5.45. The third-order valence-corrected chi connectivity index (χ3v) is 1.87. The van der Waals surface area contributed by atoms with E-state index in [1.165, 1.54) is 0 Å². The molecule has 1 aromatic carbocycles. The van der Waals surface area contributed by atoms with Gasteiger partial charge in [0.05, 0.1) is 11.4 Å². The lowest BCUT2D eigenvalue weighted by molar-refractivity contribution is 0.0529. The molecule has 0 saturated heterocycles. The van der Waals surface area contributed by atoms with Gasteiger partial charge in [-0.05, 0) is 11.6 Å². The lowest BCUT2D eigenvalue weighted by atomic mass is 10.1. The van der Waals surface area contributed by atoms with E-state index in [0.29, 0.717) is 11.4 Å². The molecule has 0 fully saturated rings. The fourth-order valence-corrected chi connectivity index (χ4v) is 1.15. The van der Waals surface area contributed by atoms with Crippen LogP contribution < -0.4 is 0 Å². The maximum atomic E-state index is 11.5. The lowest BCUT2D eigenvalue weighted by Gasteiger charge is -2.05. The molecule has 0 aliphatic heterocycles. The predicted octanol–water partition coefficient (Wildman–Crippen LogP) is 2.73. The van der Waals surface area contributed by atoms with Crippen molar-refractivity contribution in [3.8, 4) is 0 Å². The number of rotatable bonds is 4. The largest absolute Gasteiger partial charge is 0.461 e. The molecule has 0 unspecified atom stereocenters. The monoisotopic (exact) mass is 210 g/mol. The highest BCUT2D eigenvalue weighted by molar-refractivity contribution is 6.18. The van der Waals surface area contributed by atoms with Gasteiger partial charge in [-0.25, -0.2) is 4.79 Å². The molecule has 0 aliphatic rings. The first-order chi connectivity index (χ1) is 6.79. The van der Waals surface area contributed by atoms with E-state index in [0.717, 1.165) is 5.56 Å². The van der Waals surface area contributed by atoms with E-state index in [2.05, 4.69) is 6.58 Å². The summed E-state index contributed by atoms with van der Waals surface area (Å²) in [4.78, 5) is 11.5. The minimum absolute atomic E-state index is 0.228. The quantitative estimate of drug-likeness (QED) is 0.564. The van der Waals surface area contributed by atoms with Crippen LogP contribution in [-0.2, 0) is 4.74 Å². The molecule has 2 nitrogen and oxygen atoms in total. The number of alkyl halides is 1. The summed E-state index contributed by atoms with van der Waals surface area (Å²) in [6.07, 6.45) is 1.62. The summed E-state index contributed by atoms with van der Waals surface area (Å²) in [7, 11) is 0. The van der Waals surface area contributed by atoms with Gasteiger partial charge < -0.3 is 4.74 Å². The summed E-state index contributed by atoms with van der Waals surface area (Å²) >= 11 is 5.41. The van der Waals surface area contributed by atoms with Crippen molar-refractivity contribution in [2.45, 2.75) is 0 Å². The second-order valence-electron chi connectivity index (χ2n) is 2.62. The Morgan fingerprint density at radius 2 is 2.21 bits per heavy atom. The first-order valence-corrected chi connectivity index (χ1v) is 4.77. The minimum Gasteiger partial charge on any atom is -0.461 e. The van der Waals surface area contributed by atoms with E-state index >= 15 is 0 Å². The van der Waals surface area contributed by atoms with E-state index < -0.39 is 0 Å². The summed E-state index contributed by atoms with van der Waals surface area (Å²) < 4.78 is 4.90. The molecule has 0 aliphatic carbocycles. The Morgan fingerprint density at radius 3 is 2.86 bits per heavy atom. The first kappa shape index (κ1) is 10.8. The summed E-state index contributed by atoms with van der Waals surface area (Å²) in [5.74, 6) is -0.0525. The molecule has 1 aromatic rings. The summed E-state index contributed by atoms with van der Waals surface area (Å²) in [5.41, 5.74) is 1.29. The highest BCUT2D eigenvalue weighted by atomic mass is 35.5. The fourth-order valence-electron chi connectivity index (χ4n) is 1.07. The van der Waals surface area contributed by atoms with Gasteiger partial charge in [-0.15, -0.1) is 11.6 Å². The third-order valence-electron chi connectivity index (χ3n) is 1.71. The molecule has 0 atom stereocenters. The van der Waals surface area contributed by atoms with Crippen molar-refractivity contribution < 1.29 is 9.53 Å². The van der Waals surface area contributed by atoms with Crippen molar-refractivity contribution in [1.29, 1.82) is 0 Å². The van der Waals surface area contributed by atoms with Crippen LogP contribution >= 0.6 is 11.6 Å². The number of benzene rings is 1. The molecule has 14 heavy (non-hydrogen) atoms. The summed E-state index contributed by atoms with van der Waals surface area (Å²) in [5, 5.41) is 0. The number of ether oxygens (including phenoxy) is 1. The molecule has 0 saturated carbocycles. The normalized spacial score (nSPS) is 9.50. The van der Waals surface area contributed by atoms with Gasteiger partial charge in [0.1, 0.15) is 6.61 Å². The lowest BCUT2D eigenvalue weighted by Crippen LogP contribution is -2.08. The van der Waals surface area contributed by atoms with E-state index in [-0.39, 0.29) is 12.6 Å². The first-order valence-electron chi connectivity index (χ1n) is 4.24. The van der Waals surface area contributed by atoms with Gasteiger partial charge in [0.25, 0.3) is 0 Å². The van der Waals surface area contributed by atoms with Gasteiger partial charge in [-0.2, -0.15) is 0 Å². The smallest absolute Gasteiger partial charge is 0.338 e. The average Bonchev–Trinajstić information content (AvgIpc) is 2.25. The molecule has 0 heterocycles. The van der Waals surface area contributed by atoms with Crippen LogP contribution in [0.1, 0.15) is 15.9 Å². The van der Waals surface area contributed by atoms with Gasteiger partial charge in [-0.3, -0.25) is 0 Å². The Kier molecular flexibility index (Phi) is 4.20. The van der Waals surface area contributed by atoms with Gasteiger partial charge in [0.15, 0.2) is 0 Å².